The average molecular weight is 614 g/mol. The molecule has 4 aliphatic rings. The molecule has 0 N–H and O–H groups in total. The number of carbonyl (C=O) groups is 1. The molecule has 4 aromatic rings. The molecule has 1 amide bonds. The quantitative estimate of drug-likeness (QED) is 0.282. The van der Waals surface area contributed by atoms with E-state index in [1.807, 2.05) is 42.2 Å². The van der Waals surface area contributed by atoms with Crippen molar-refractivity contribution >= 4 is 50.6 Å². The van der Waals surface area contributed by atoms with E-state index in [2.05, 4.69) is 23.4 Å². The minimum absolute atomic E-state index is 0.142. The van der Waals surface area contributed by atoms with Gasteiger partial charge in [-0.3, -0.25) is 14.7 Å². The summed E-state index contributed by atoms with van der Waals surface area (Å²) in [4.78, 5) is 30.8. The highest BCUT2D eigenvalue weighted by Gasteiger charge is 2.46. The number of anilines is 2. The van der Waals surface area contributed by atoms with E-state index in [9.17, 15) is 6.17 Å². The van der Waals surface area contributed by atoms with Crippen LogP contribution in [0.2, 0.25) is 5.02 Å². The fraction of sp³-hybridized carbons (Fsp3) is 0.382. The number of fused-ring (bicyclic) bond motifs is 5. The van der Waals surface area contributed by atoms with Gasteiger partial charge < -0.3 is 19.4 Å². The minimum atomic E-state index is -0.803. The number of hydrogen-bond acceptors (Lipinski definition) is 7. The van der Waals surface area contributed by atoms with Crippen molar-refractivity contribution in [3.05, 3.63) is 66.1 Å². The van der Waals surface area contributed by atoms with Crippen molar-refractivity contribution in [1.29, 1.82) is 0 Å². The highest BCUT2D eigenvalue weighted by Crippen LogP contribution is 2.50. The van der Waals surface area contributed by atoms with Crippen LogP contribution in [0.1, 0.15) is 21.1 Å². The van der Waals surface area contributed by atoms with Crippen LogP contribution in [0.4, 0.5) is 15.8 Å². The van der Waals surface area contributed by atoms with E-state index in [1.54, 1.807) is 17.2 Å². The van der Waals surface area contributed by atoms with Crippen molar-refractivity contribution < 1.29 is 15.3 Å². The van der Waals surface area contributed by atoms with Gasteiger partial charge in [0.25, 0.3) is 0 Å². The van der Waals surface area contributed by atoms with Gasteiger partial charge in [0, 0.05) is 59.2 Å². The van der Waals surface area contributed by atoms with E-state index in [4.69, 9.17) is 26.3 Å². The van der Waals surface area contributed by atoms with Gasteiger partial charge in [0.15, 0.2) is 5.82 Å². The second-order valence-corrected chi connectivity index (χ2v) is 12.7. The summed E-state index contributed by atoms with van der Waals surface area (Å²) in [6.45, 7) is 7.42. The highest BCUT2D eigenvalue weighted by atomic mass is 35.5. The predicted octanol–water partition coefficient (Wildman–Crippen LogP) is 5.51. The van der Waals surface area contributed by atoms with Gasteiger partial charge in [-0.25, -0.2) is 9.37 Å². The zero-order chi connectivity index (χ0) is 31.1. The fourth-order valence-electron chi connectivity index (χ4n) is 7.69. The molecule has 2 aromatic carbocycles. The van der Waals surface area contributed by atoms with Crippen LogP contribution < -0.4 is 14.5 Å². The van der Waals surface area contributed by atoms with Gasteiger partial charge in [-0.2, -0.15) is 0 Å². The van der Waals surface area contributed by atoms with Crippen LogP contribution in [-0.2, 0) is 4.79 Å². The summed E-state index contributed by atoms with van der Waals surface area (Å²) in [5, 5.41) is 2.64. The molecule has 2 saturated heterocycles. The van der Waals surface area contributed by atoms with Crippen LogP contribution in [0.5, 0.6) is 5.88 Å². The van der Waals surface area contributed by atoms with E-state index in [1.165, 1.54) is 6.08 Å². The number of likely N-dealkylation sites (tertiary alicyclic amines) is 1. The Hall–Kier alpha value is -3.95. The molecular weight excluding hydrogens is 579 g/mol. The van der Waals surface area contributed by atoms with Gasteiger partial charge >= 0.3 is 0 Å². The third-order valence-electron chi connectivity index (χ3n) is 9.80. The fourth-order valence-corrected chi connectivity index (χ4v) is 7.98. The first kappa shape index (κ1) is 26.5. The lowest BCUT2D eigenvalue weighted by atomic mass is 9.96. The molecule has 4 aliphatic heterocycles. The number of carbonyl (C=O) groups excluding carboxylic acids is 1. The van der Waals surface area contributed by atoms with E-state index >= 15 is 4.39 Å². The van der Waals surface area contributed by atoms with Gasteiger partial charge in [-0.1, -0.05) is 48.5 Å². The minimum Gasteiger partial charge on any atom is -0.469 e. The van der Waals surface area contributed by atoms with E-state index in [0.29, 0.717) is 47.2 Å². The SMILES string of the molecule is [2H]C1[C@@H](C)N(C(=O)C=C)C[C@H]2CN3C[C@H]([C@@H]4CCCN4C)Oc4nc5c(F)c(-c6cccc7cccc(Cl)c67)ncc5c(c43)N12. The van der Waals surface area contributed by atoms with Gasteiger partial charge in [-0.05, 0) is 50.9 Å². The molecule has 44 heavy (non-hydrogen) atoms. The number of amides is 1. The van der Waals surface area contributed by atoms with Gasteiger partial charge in [0.1, 0.15) is 23.0 Å². The zero-order valence-corrected chi connectivity index (χ0v) is 25.5. The Kier molecular flexibility index (Phi) is 6.20. The molecule has 8 rings (SSSR count). The maximum absolute atomic E-state index is 16.9. The first-order chi connectivity index (χ1) is 21.8. The Balaban J connectivity index is 1.35. The lowest BCUT2D eigenvalue weighted by Crippen LogP contribution is -2.65. The van der Waals surface area contributed by atoms with Crippen molar-refractivity contribution in [3.63, 3.8) is 0 Å². The molecule has 0 saturated carbocycles. The van der Waals surface area contributed by atoms with Crippen molar-refractivity contribution in [3.8, 4) is 17.1 Å². The molecule has 8 nitrogen and oxygen atoms in total. The van der Waals surface area contributed by atoms with Crippen LogP contribution in [0.3, 0.4) is 0 Å². The largest absolute Gasteiger partial charge is 0.469 e. The van der Waals surface area contributed by atoms with Gasteiger partial charge in [0.05, 0.1) is 19.6 Å². The number of rotatable bonds is 3. The normalized spacial score (nSPS) is 26.8. The Bertz CT molecular complexity index is 1890. The van der Waals surface area contributed by atoms with Crippen LogP contribution >= 0.6 is 11.6 Å². The lowest BCUT2D eigenvalue weighted by Gasteiger charge is -2.53. The Morgan fingerprint density at radius 2 is 2.02 bits per heavy atom. The van der Waals surface area contributed by atoms with Gasteiger partial charge in [0.2, 0.25) is 11.8 Å². The summed E-state index contributed by atoms with van der Waals surface area (Å²) in [7, 11) is 2.12. The highest BCUT2D eigenvalue weighted by molar-refractivity contribution is 6.36. The molecular formula is C34H34ClFN6O2. The molecule has 0 radical (unpaired) electrons. The average Bonchev–Trinajstić information content (AvgIpc) is 3.48. The summed E-state index contributed by atoms with van der Waals surface area (Å²) in [6, 6.07) is 10.8. The van der Waals surface area contributed by atoms with Crippen LogP contribution in [0.15, 0.2) is 55.3 Å². The lowest BCUT2D eigenvalue weighted by molar-refractivity contribution is -0.128. The summed E-state index contributed by atoms with van der Waals surface area (Å²) < 4.78 is 32.9. The summed E-state index contributed by atoms with van der Waals surface area (Å²) in [6.07, 6.45) is 4.93. The number of likely N-dealkylation sites (N-methyl/N-ethyl adjacent to an activating group) is 1. The standard InChI is InChI=1S/C34H34ClFN6O2/c1-4-27(43)41-17-21-16-40-18-26(25-12-7-13-39(25)3)44-34-33(40)32(42(21)15-19(41)2)23-14-37-30(29(36)31(23)38-34)22-10-5-8-20-9-6-11-24(35)28(20)22/h4-6,8-11,14,19,21,25-26H,1,7,12-13,15-18H2,2-3H3/t19-,21-,25+,26-/m1/s1/i15D/t15?,19-,21-,25+,26-. The van der Waals surface area contributed by atoms with Crippen molar-refractivity contribution in [1.82, 2.24) is 19.8 Å². The number of hydrogen-bond donors (Lipinski definition) is 0. The van der Waals surface area contributed by atoms with Crippen molar-refractivity contribution in [2.75, 3.05) is 49.5 Å². The second-order valence-electron chi connectivity index (χ2n) is 12.3. The third kappa shape index (κ3) is 4.09. The number of pyridine rings is 2. The van der Waals surface area contributed by atoms with Crippen molar-refractivity contribution in [2.45, 2.75) is 44.0 Å². The Morgan fingerprint density at radius 3 is 2.80 bits per heavy atom. The molecule has 0 bridgehead atoms. The first-order valence-corrected chi connectivity index (χ1v) is 15.6. The topological polar surface area (TPSA) is 65.0 Å². The molecule has 0 aliphatic carbocycles. The maximum Gasteiger partial charge on any atom is 0.246 e. The van der Waals surface area contributed by atoms with E-state index in [0.717, 1.165) is 35.8 Å². The zero-order valence-electron chi connectivity index (χ0n) is 25.7. The monoisotopic (exact) mass is 613 g/mol. The number of benzene rings is 2. The second kappa shape index (κ2) is 10.3. The number of piperazine rings is 1. The predicted molar refractivity (Wildman–Crippen MR) is 172 cm³/mol. The molecule has 1 unspecified atom stereocenters. The number of aromatic nitrogens is 2. The molecule has 2 fully saturated rings. The smallest absolute Gasteiger partial charge is 0.246 e. The maximum atomic E-state index is 16.9. The third-order valence-corrected chi connectivity index (χ3v) is 10.1. The summed E-state index contributed by atoms with van der Waals surface area (Å²) in [5.41, 5.74) is 2.34. The number of halogens is 2. The molecule has 10 heteroatoms. The molecule has 6 heterocycles. The Labute approximate surface area is 262 Å². The van der Waals surface area contributed by atoms with Crippen LogP contribution in [0.25, 0.3) is 32.9 Å². The van der Waals surface area contributed by atoms with Crippen molar-refractivity contribution in [2.24, 2.45) is 0 Å². The molecule has 226 valence electrons. The molecule has 5 atom stereocenters. The molecule has 0 spiro atoms. The van der Waals surface area contributed by atoms with E-state index in [-0.39, 0.29) is 35.3 Å². The molecule has 2 aromatic heterocycles. The van der Waals surface area contributed by atoms with Crippen LogP contribution in [0, 0.1) is 5.82 Å². The van der Waals surface area contributed by atoms with E-state index < -0.39 is 18.4 Å². The van der Waals surface area contributed by atoms with Gasteiger partial charge in [-0.15, -0.1) is 0 Å². The summed E-state index contributed by atoms with van der Waals surface area (Å²) >= 11 is 6.63. The summed E-state index contributed by atoms with van der Waals surface area (Å²) in [5.74, 6) is -0.376. The number of ether oxygens (including phenoxy) is 1. The Morgan fingerprint density at radius 1 is 1.20 bits per heavy atom. The number of nitrogens with zero attached hydrogens (tertiary/aromatic N) is 6. The van der Waals surface area contributed by atoms with Crippen LogP contribution in [-0.4, -0.2) is 89.7 Å². The first-order valence-electron chi connectivity index (χ1n) is 15.8.